The van der Waals surface area contributed by atoms with Crippen LogP contribution in [-0.4, -0.2) is 23.3 Å². The van der Waals surface area contributed by atoms with Gasteiger partial charge in [0.1, 0.15) is 12.5 Å². The van der Waals surface area contributed by atoms with Crippen LogP contribution in [0.2, 0.25) is 0 Å². The van der Waals surface area contributed by atoms with E-state index in [1.54, 1.807) is 12.4 Å². The normalized spacial score (nSPS) is 16.0. The Kier molecular flexibility index (Phi) is 7.21. The van der Waals surface area contributed by atoms with Gasteiger partial charge in [-0.15, -0.1) is 0 Å². The summed E-state index contributed by atoms with van der Waals surface area (Å²) in [6, 6.07) is 5.53. The first-order valence-corrected chi connectivity index (χ1v) is 8.52. The minimum Gasteiger partial charge on any atom is -0.351 e. The molecule has 1 aliphatic rings. The second kappa shape index (κ2) is 9.66. The van der Waals surface area contributed by atoms with Gasteiger partial charge in [-0.2, -0.15) is 5.26 Å². The van der Waals surface area contributed by atoms with Gasteiger partial charge in [-0.1, -0.05) is 32.1 Å². The van der Waals surface area contributed by atoms with Gasteiger partial charge < -0.3 is 10.6 Å². The number of carbonyl (C=O) groups excluding carboxylic acids is 2. The van der Waals surface area contributed by atoms with Crippen molar-refractivity contribution in [3.63, 3.8) is 0 Å². The van der Waals surface area contributed by atoms with Gasteiger partial charge in [-0.3, -0.25) is 14.6 Å². The third-order valence-corrected chi connectivity index (χ3v) is 4.48. The fourth-order valence-corrected chi connectivity index (χ4v) is 3.15. The zero-order chi connectivity index (χ0) is 17.2. The van der Waals surface area contributed by atoms with Crippen molar-refractivity contribution in [3.8, 4) is 6.07 Å². The SMILES string of the molecule is N#CCNC(=O)C(CC1CCCCC1)C(=O)NCc1ccncc1. The molecule has 0 aromatic carbocycles. The number of nitriles is 1. The molecular formula is C18H24N4O2. The van der Waals surface area contributed by atoms with Gasteiger partial charge in [0.2, 0.25) is 11.8 Å². The van der Waals surface area contributed by atoms with Crippen molar-refractivity contribution < 1.29 is 9.59 Å². The molecule has 0 radical (unpaired) electrons. The number of nitrogens with zero attached hydrogens (tertiary/aromatic N) is 2. The lowest BCUT2D eigenvalue weighted by Gasteiger charge is -2.25. The van der Waals surface area contributed by atoms with Gasteiger partial charge in [-0.25, -0.2) is 0 Å². The standard InChI is InChI=1S/C18H24N4O2/c19-8-11-21-17(23)16(12-14-4-2-1-3-5-14)18(24)22-13-15-6-9-20-10-7-15/h6-7,9-10,14,16H,1-5,11-13H2,(H,21,23)(H,22,24). The van der Waals surface area contributed by atoms with Crippen molar-refractivity contribution in [2.45, 2.75) is 45.1 Å². The highest BCUT2D eigenvalue weighted by molar-refractivity contribution is 6.00. The molecule has 0 spiro atoms. The maximum absolute atomic E-state index is 12.5. The smallest absolute Gasteiger partial charge is 0.233 e. The first kappa shape index (κ1) is 17.9. The summed E-state index contributed by atoms with van der Waals surface area (Å²) in [4.78, 5) is 28.8. The average Bonchev–Trinajstić information content (AvgIpc) is 2.64. The largest absolute Gasteiger partial charge is 0.351 e. The number of amides is 2. The Morgan fingerprint density at radius 2 is 1.83 bits per heavy atom. The van der Waals surface area contributed by atoms with E-state index in [0.717, 1.165) is 31.2 Å². The van der Waals surface area contributed by atoms with Crippen LogP contribution in [0.1, 0.15) is 44.1 Å². The molecule has 1 heterocycles. The Labute approximate surface area is 142 Å². The van der Waals surface area contributed by atoms with Crippen LogP contribution in [0.3, 0.4) is 0 Å². The van der Waals surface area contributed by atoms with Crippen LogP contribution >= 0.6 is 0 Å². The van der Waals surface area contributed by atoms with E-state index in [2.05, 4.69) is 15.6 Å². The summed E-state index contributed by atoms with van der Waals surface area (Å²) >= 11 is 0. The number of carbonyl (C=O) groups is 2. The second-order valence-electron chi connectivity index (χ2n) is 6.24. The molecule has 1 aromatic rings. The van der Waals surface area contributed by atoms with Crippen LogP contribution in [0.25, 0.3) is 0 Å². The fourth-order valence-electron chi connectivity index (χ4n) is 3.15. The zero-order valence-corrected chi connectivity index (χ0v) is 13.8. The second-order valence-corrected chi connectivity index (χ2v) is 6.24. The predicted molar refractivity (Wildman–Crippen MR) is 89.4 cm³/mol. The van der Waals surface area contributed by atoms with Gasteiger partial charge in [-0.05, 0) is 30.0 Å². The molecule has 6 heteroatoms. The molecule has 1 unspecified atom stereocenters. The van der Waals surface area contributed by atoms with E-state index in [0.29, 0.717) is 18.9 Å². The van der Waals surface area contributed by atoms with E-state index in [4.69, 9.17) is 5.26 Å². The van der Waals surface area contributed by atoms with E-state index in [-0.39, 0.29) is 18.4 Å². The highest BCUT2D eigenvalue weighted by Crippen LogP contribution is 2.29. The first-order chi connectivity index (χ1) is 11.7. The molecule has 2 N–H and O–H groups in total. The Morgan fingerprint density at radius 3 is 2.50 bits per heavy atom. The van der Waals surface area contributed by atoms with Crippen LogP contribution in [0.4, 0.5) is 0 Å². The molecule has 6 nitrogen and oxygen atoms in total. The number of pyridine rings is 1. The predicted octanol–water partition coefficient (Wildman–Crippen LogP) is 1.92. The highest BCUT2D eigenvalue weighted by Gasteiger charge is 2.30. The van der Waals surface area contributed by atoms with Gasteiger partial charge in [0.15, 0.2) is 0 Å². The number of aromatic nitrogens is 1. The van der Waals surface area contributed by atoms with Gasteiger partial charge in [0, 0.05) is 18.9 Å². The quantitative estimate of drug-likeness (QED) is 0.590. The highest BCUT2D eigenvalue weighted by atomic mass is 16.2. The summed E-state index contributed by atoms with van der Waals surface area (Å²) in [5.41, 5.74) is 0.937. The Morgan fingerprint density at radius 1 is 1.17 bits per heavy atom. The van der Waals surface area contributed by atoms with Crippen molar-refractivity contribution in [1.82, 2.24) is 15.6 Å². The molecule has 0 aliphatic heterocycles. The van der Waals surface area contributed by atoms with Crippen molar-refractivity contribution >= 4 is 11.8 Å². The maximum atomic E-state index is 12.5. The Bertz CT molecular complexity index is 576. The lowest BCUT2D eigenvalue weighted by Crippen LogP contribution is -2.42. The Hall–Kier alpha value is -2.42. The molecule has 0 bridgehead atoms. The Balaban J connectivity index is 1.95. The third-order valence-electron chi connectivity index (χ3n) is 4.48. The summed E-state index contributed by atoms with van der Waals surface area (Å²) in [7, 11) is 0. The molecule has 2 amide bonds. The monoisotopic (exact) mass is 328 g/mol. The molecule has 0 saturated heterocycles. The van der Waals surface area contributed by atoms with Crippen molar-refractivity contribution in [2.24, 2.45) is 11.8 Å². The summed E-state index contributed by atoms with van der Waals surface area (Å²) in [6.45, 7) is 0.297. The average molecular weight is 328 g/mol. The molecule has 1 aliphatic carbocycles. The molecule has 1 saturated carbocycles. The topological polar surface area (TPSA) is 94.9 Å². The summed E-state index contributed by atoms with van der Waals surface area (Å²) < 4.78 is 0. The van der Waals surface area contributed by atoms with Gasteiger partial charge >= 0.3 is 0 Å². The third kappa shape index (κ3) is 5.65. The number of rotatable bonds is 7. The molecule has 2 rings (SSSR count). The number of hydrogen-bond acceptors (Lipinski definition) is 4. The van der Waals surface area contributed by atoms with E-state index in [1.807, 2.05) is 18.2 Å². The van der Waals surface area contributed by atoms with Crippen LogP contribution < -0.4 is 10.6 Å². The van der Waals surface area contributed by atoms with Crippen LogP contribution in [0.15, 0.2) is 24.5 Å². The van der Waals surface area contributed by atoms with Crippen molar-refractivity contribution in [3.05, 3.63) is 30.1 Å². The van der Waals surface area contributed by atoms with Gasteiger partial charge in [0.25, 0.3) is 0 Å². The van der Waals surface area contributed by atoms with Crippen LogP contribution in [-0.2, 0) is 16.1 Å². The fraction of sp³-hybridized carbons (Fsp3) is 0.556. The van der Waals surface area contributed by atoms with Crippen molar-refractivity contribution in [1.29, 1.82) is 5.26 Å². The van der Waals surface area contributed by atoms with E-state index in [1.165, 1.54) is 6.42 Å². The molecule has 1 aromatic heterocycles. The minimum atomic E-state index is -0.733. The summed E-state index contributed by atoms with van der Waals surface area (Å²) in [5, 5.41) is 14.0. The van der Waals surface area contributed by atoms with E-state index >= 15 is 0 Å². The van der Waals surface area contributed by atoms with Crippen molar-refractivity contribution in [2.75, 3.05) is 6.54 Å². The van der Waals surface area contributed by atoms with E-state index < -0.39 is 5.92 Å². The number of nitrogens with one attached hydrogen (secondary N) is 2. The first-order valence-electron chi connectivity index (χ1n) is 8.52. The lowest BCUT2D eigenvalue weighted by atomic mass is 9.82. The molecular weight excluding hydrogens is 304 g/mol. The summed E-state index contributed by atoms with van der Waals surface area (Å²) in [5.74, 6) is -0.950. The molecule has 1 fully saturated rings. The number of hydrogen-bond donors (Lipinski definition) is 2. The lowest BCUT2D eigenvalue weighted by molar-refractivity contribution is -0.136. The van der Waals surface area contributed by atoms with E-state index in [9.17, 15) is 9.59 Å². The molecule has 24 heavy (non-hydrogen) atoms. The zero-order valence-electron chi connectivity index (χ0n) is 13.8. The summed E-state index contributed by atoms with van der Waals surface area (Å²) in [6.07, 6.45) is 9.59. The molecule has 1 atom stereocenters. The van der Waals surface area contributed by atoms with Gasteiger partial charge in [0.05, 0.1) is 6.07 Å². The maximum Gasteiger partial charge on any atom is 0.233 e. The van der Waals surface area contributed by atoms with Crippen LogP contribution in [0.5, 0.6) is 0 Å². The van der Waals surface area contributed by atoms with Crippen LogP contribution in [0, 0.1) is 23.2 Å². The minimum absolute atomic E-state index is 0.0718. The molecule has 128 valence electrons.